The quantitative estimate of drug-likeness (QED) is 0.693. The molecular weight excluding hydrogens is 378 g/mol. The Labute approximate surface area is 178 Å². The summed E-state index contributed by atoms with van der Waals surface area (Å²) in [5.74, 6) is 1.35. The second-order valence-electron chi connectivity index (χ2n) is 9.39. The van der Waals surface area contributed by atoms with Crippen molar-refractivity contribution in [1.29, 1.82) is 0 Å². The minimum absolute atomic E-state index is 0.215. The maximum atomic E-state index is 11.1. The fourth-order valence-corrected chi connectivity index (χ4v) is 4.37. The summed E-state index contributed by atoms with van der Waals surface area (Å²) >= 11 is 0. The molecule has 0 N–H and O–H groups in total. The summed E-state index contributed by atoms with van der Waals surface area (Å²) in [6, 6.07) is 10.2. The molecule has 0 saturated carbocycles. The maximum absolute atomic E-state index is 11.1. The molecule has 2 aromatic carbocycles. The number of carbonyl (C=O) groups is 1. The third-order valence-electron chi connectivity index (χ3n) is 5.57. The van der Waals surface area contributed by atoms with Gasteiger partial charge in [0.05, 0.1) is 18.4 Å². The van der Waals surface area contributed by atoms with Gasteiger partial charge < -0.3 is 14.2 Å². The van der Waals surface area contributed by atoms with Crippen molar-refractivity contribution in [1.82, 2.24) is 0 Å². The third-order valence-corrected chi connectivity index (χ3v) is 5.57. The third kappa shape index (κ3) is 3.81. The zero-order chi connectivity index (χ0) is 21.7. The second-order valence-corrected chi connectivity index (χ2v) is 9.39. The number of esters is 1. The van der Waals surface area contributed by atoms with Crippen molar-refractivity contribution in [2.24, 2.45) is 4.99 Å². The van der Waals surface area contributed by atoms with Crippen LogP contribution in [-0.2, 0) is 29.0 Å². The minimum atomic E-state index is -0.281. The van der Waals surface area contributed by atoms with E-state index in [-0.39, 0.29) is 23.7 Å². The Balaban J connectivity index is 1.82. The standard InChI is InChI=1S/C25H29NO4/c1-15(27)29-14-16-7-9-17(10-8-16)22-21-18(12-24(2,3)26-22)11-20(28-6)23-19(21)13-25(4,5)30-23/h7-11H,12-14H2,1-6H3. The Bertz CT molecular complexity index is 1030. The van der Waals surface area contributed by atoms with Crippen molar-refractivity contribution in [3.8, 4) is 11.5 Å². The predicted molar refractivity (Wildman–Crippen MR) is 117 cm³/mol. The highest BCUT2D eigenvalue weighted by Gasteiger charge is 2.39. The monoisotopic (exact) mass is 407 g/mol. The summed E-state index contributed by atoms with van der Waals surface area (Å²) in [5, 5.41) is 0. The highest BCUT2D eigenvalue weighted by molar-refractivity contribution is 6.16. The first-order valence-corrected chi connectivity index (χ1v) is 10.3. The van der Waals surface area contributed by atoms with Gasteiger partial charge in [-0.05, 0) is 51.3 Å². The normalized spacial score (nSPS) is 18.0. The number of rotatable bonds is 4. The molecule has 0 radical (unpaired) electrons. The average Bonchev–Trinajstić information content (AvgIpc) is 2.99. The molecule has 0 saturated heterocycles. The highest BCUT2D eigenvalue weighted by atomic mass is 16.5. The van der Waals surface area contributed by atoms with Crippen LogP contribution in [0.4, 0.5) is 0 Å². The predicted octanol–water partition coefficient (Wildman–Crippen LogP) is 4.64. The van der Waals surface area contributed by atoms with E-state index in [9.17, 15) is 4.79 Å². The van der Waals surface area contributed by atoms with Crippen LogP contribution in [-0.4, -0.2) is 29.9 Å². The van der Waals surface area contributed by atoms with Crippen LogP contribution < -0.4 is 9.47 Å². The number of carbonyl (C=O) groups excluding carboxylic acids is 1. The van der Waals surface area contributed by atoms with Crippen LogP contribution >= 0.6 is 0 Å². The van der Waals surface area contributed by atoms with Gasteiger partial charge in [0.25, 0.3) is 0 Å². The first-order valence-electron chi connectivity index (χ1n) is 10.3. The van der Waals surface area contributed by atoms with Gasteiger partial charge in [-0.15, -0.1) is 0 Å². The SMILES string of the molecule is COc1cc2c(c3c1OC(C)(C)C3)C(c1ccc(COC(C)=O)cc1)=NC(C)(C)C2. The van der Waals surface area contributed by atoms with Crippen LogP contribution in [0.5, 0.6) is 11.5 Å². The van der Waals surface area contributed by atoms with Crippen molar-refractivity contribution in [3.63, 3.8) is 0 Å². The van der Waals surface area contributed by atoms with Gasteiger partial charge in [0.15, 0.2) is 11.5 Å². The van der Waals surface area contributed by atoms with Gasteiger partial charge in [-0.2, -0.15) is 0 Å². The van der Waals surface area contributed by atoms with Crippen molar-refractivity contribution >= 4 is 11.7 Å². The summed E-state index contributed by atoms with van der Waals surface area (Å²) in [6.07, 6.45) is 1.66. The number of aliphatic imine (C=N–C) groups is 1. The molecule has 2 aromatic rings. The summed E-state index contributed by atoms with van der Waals surface area (Å²) in [4.78, 5) is 16.2. The van der Waals surface area contributed by atoms with Crippen LogP contribution in [0.1, 0.15) is 62.4 Å². The summed E-state index contributed by atoms with van der Waals surface area (Å²) in [6.45, 7) is 10.2. The van der Waals surface area contributed by atoms with E-state index in [0.29, 0.717) is 0 Å². The molecule has 0 aliphatic carbocycles. The molecule has 0 atom stereocenters. The Morgan fingerprint density at radius 1 is 1.13 bits per heavy atom. The molecular formula is C25H29NO4. The average molecular weight is 408 g/mol. The zero-order valence-electron chi connectivity index (χ0n) is 18.6. The van der Waals surface area contributed by atoms with Crippen molar-refractivity contribution in [2.45, 2.75) is 65.2 Å². The van der Waals surface area contributed by atoms with Crippen LogP contribution in [0, 0.1) is 0 Å². The number of nitrogens with zero attached hydrogens (tertiary/aromatic N) is 1. The molecule has 0 bridgehead atoms. The molecule has 5 nitrogen and oxygen atoms in total. The van der Waals surface area contributed by atoms with Gasteiger partial charge in [-0.1, -0.05) is 24.3 Å². The molecule has 2 heterocycles. The molecule has 2 aliphatic rings. The molecule has 4 rings (SSSR count). The lowest BCUT2D eigenvalue weighted by Gasteiger charge is -2.31. The summed E-state index contributed by atoms with van der Waals surface area (Å²) < 4.78 is 17.1. The molecule has 5 heteroatoms. The first kappa shape index (κ1) is 20.5. The largest absolute Gasteiger partial charge is 0.493 e. The summed E-state index contributed by atoms with van der Waals surface area (Å²) in [5.41, 5.74) is 6.08. The van der Waals surface area contributed by atoms with Crippen LogP contribution in [0.3, 0.4) is 0 Å². The molecule has 0 unspecified atom stereocenters. The van der Waals surface area contributed by atoms with E-state index in [2.05, 4.69) is 45.9 Å². The van der Waals surface area contributed by atoms with E-state index in [1.54, 1.807) is 7.11 Å². The topological polar surface area (TPSA) is 57.1 Å². The van der Waals surface area contributed by atoms with E-state index in [1.165, 1.54) is 23.6 Å². The van der Waals surface area contributed by atoms with Gasteiger partial charge >= 0.3 is 5.97 Å². The highest BCUT2D eigenvalue weighted by Crippen LogP contribution is 2.47. The lowest BCUT2D eigenvalue weighted by atomic mass is 9.81. The molecule has 0 amide bonds. The molecule has 30 heavy (non-hydrogen) atoms. The molecule has 2 aliphatic heterocycles. The van der Waals surface area contributed by atoms with Crippen LogP contribution in [0.25, 0.3) is 0 Å². The number of hydrogen-bond acceptors (Lipinski definition) is 5. The van der Waals surface area contributed by atoms with Gasteiger partial charge in [-0.25, -0.2) is 0 Å². The molecule has 0 aromatic heterocycles. The molecule has 0 spiro atoms. The number of hydrogen-bond donors (Lipinski definition) is 0. The van der Waals surface area contributed by atoms with Crippen LogP contribution in [0.2, 0.25) is 0 Å². The molecule has 0 fully saturated rings. The lowest BCUT2D eigenvalue weighted by Crippen LogP contribution is -2.30. The minimum Gasteiger partial charge on any atom is -0.493 e. The number of fused-ring (bicyclic) bond motifs is 3. The zero-order valence-corrected chi connectivity index (χ0v) is 18.6. The smallest absolute Gasteiger partial charge is 0.302 e. The fourth-order valence-electron chi connectivity index (χ4n) is 4.37. The summed E-state index contributed by atoms with van der Waals surface area (Å²) in [7, 11) is 1.70. The second kappa shape index (κ2) is 7.15. The van der Waals surface area contributed by atoms with Gasteiger partial charge in [0.1, 0.15) is 12.2 Å². The maximum Gasteiger partial charge on any atom is 0.302 e. The Morgan fingerprint density at radius 3 is 2.47 bits per heavy atom. The Morgan fingerprint density at radius 2 is 1.83 bits per heavy atom. The van der Waals surface area contributed by atoms with E-state index in [4.69, 9.17) is 19.2 Å². The van der Waals surface area contributed by atoms with Crippen molar-refractivity contribution in [3.05, 3.63) is 58.1 Å². The van der Waals surface area contributed by atoms with Gasteiger partial charge in [0, 0.05) is 30.0 Å². The fraction of sp³-hybridized carbons (Fsp3) is 0.440. The van der Waals surface area contributed by atoms with Crippen LogP contribution in [0.15, 0.2) is 35.3 Å². The van der Waals surface area contributed by atoms with Gasteiger partial charge in [0.2, 0.25) is 0 Å². The van der Waals surface area contributed by atoms with Gasteiger partial charge in [-0.3, -0.25) is 9.79 Å². The first-order chi connectivity index (χ1) is 14.1. The lowest BCUT2D eigenvalue weighted by molar-refractivity contribution is -0.142. The van der Waals surface area contributed by atoms with Crippen molar-refractivity contribution < 1.29 is 19.0 Å². The Kier molecular flexibility index (Phi) is 4.88. The molecule has 158 valence electrons. The van der Waals surface area contributed by atoms with E-state index < -0.39 is 0 Å². The van der Waals surface area contributed by atoms with E-state index in [1.807, 2.05) is 12.1 Å². The van der Waals surface area contributed by atoms with E-state index >= 15 is 0 Å². The Hall–Kier alpha value is -2.82. The number of ether oxygens (including phenoxy) is 3. The van der Waals surface area contributed by atoms with E-state index in [0.717, 1.165) is 41.2 Å². The number of benzene rings is 2. The van der Waals surface area contributed by atoms with Crippen molar-refractivity contribution in [2.75, 3.05) is 7.11 Å². The number of methoxy groups -OCH3 is 1.